The zero-order valence-electron chi connectivity index (χ0n) is 21.9. The number of nitrogens with one attached hydrogen (secondary N) is 1. The van der Waals surface area contributed by atoms with Crippen molar-refractivity contribution in [1.29, 1.82) is 0 Å². The monoisotopic (exact) mass is 486 g/mol. The van der Waals surface area contributed by atoms with Crippen LogP contribution in [0.25, 0.3) is 0 Å². The molecule has 5 heteroatoms. The quantitative estimate of drug-likeness (QED) is 0.359. The summed E-state index contributed by atoms with van der Waals surface area (Å²) in [5, 5.41) is 3.00. The normalized spacial score (nSPS) is 11.7. The molecule has 3 aromatic carbocycles. The van der Waals surface area contributed by atoms with E-state index in [1.165, 1.54) is 5.56 Å². The van der Waals surface area contributed by atoms with Crippen molar-refractivity contribution in [3.05, 3.63) is 101 Å². The second-order valence-corrected chi connectivity index (χ2v) is 9.52. The number of ether oxygens (including phenoxy) is 1. The van der Waals surface area contributed by atoms with Crippen LogP contribution < -0.4 is 10.1 Å². The highest BCUT2D eigenvalue weighted by Gasteiger charge is 2.30. The van der Waals surface area contributed by atoms with Gasteiger partial charge in [0.2, 0.25) is 5.91 Å². The van der Waals surface area contributed by atoms with Crippen molar-refractivity contribution in [3.63, 3.8) is 0 Å². The van der Waals surface area contributed by atoms with Gasteiger partial charge in [0.1, 0.15) is 11.8 Å². The lowest BCUT2D eigenvalue weighted by Crippen LogP contribution is -2.51. The Morgan fingerprint density at radius 2 is 1.61 bits per heavy atom. The summed E-state index contributed by atoms with van der Waals surface area (Å²) < 4.78 is 5.88. The molecular formula is C31H38N2O3. The molecule has 0 spiro atoms. The molecule has 3 aromatic rings. The molecule has 3 rings (SSSR count). The van der Waals surface area contributed by atoms with E-state index in [1.807, 2.05) is 86.6 Å². The molecule has 2 amide bonds. The summed E-state index contributed by atoms with van der Waals surface area (Å²) >= 11 is 0. The molecular weight excluding hydrogens is 448 g/mol. The van der Waals surface area contributed by atoms with Crippen LogP contribution in [0.15, 0.2) is 78.9 Å². The van der Waals surface area contributed by atoms with Gasteiger partial charge in [-0.1, -0.05) is 93.1 Å². The topological polar surface area (TPSA) is 58.6 Å². The molecule has 0 heterocycles. The molecule has 0 aliphatic heterocycles. The Kier molecular flexibility index (Phi) is 10.1. The highest BCUT2D eigenvalue weighted by atomic mass is 16.5. The summed E-state index contributed by atoms with van der Waals surface area (Å²) in [4.78, 5) is 28.6. The van der Waals surface area contributed by atoms with Gasteiger partial charge in [0.25, 0.3) is 5.91 Å². The minimum atomic E-state index is -0.654. The van der Waals surface area contributed by atoms with Crippen LogP contribution in [0.2, 0.25) is 0 Å². The van der Waals surface area contributed by atoms with Crippen molar-refractivity contribution in [2.45, 2.75) is 59.0 Å². The molecule has 0 bridgehead atoms. The van der Waals surface area contributed by atoms with Crippen molar-refractivity contribution >= 4 is 11.8 Å². The van der Waals surface area contributed by atoms with Gasteiger partial charge in [-0.2, -0.15) is 0 Å². The van der Waals surface area contributed by atoms with E-state index in [0.717, 1.165) is 23.1 Å². The number of rotatable bonds is 12. The fraction of sp³-hybridized carbons (Fsp3) is 0.355. The van der Waals surface area contributed by atoms with Gasteiger partial charge < -0.3 is 15.0 Å². The van der Waals surface area contributed by atoms with E-state index < -0.39 is 6.04 Å². The molecule has 0 fully saturated rings. The van der Waals surface area contributed by atoms with E-state index >= 15 is 0 Å². The van der Waals surface area contributed by atoms with Gasteiger partial charge >= 0.3 is 0 Å². The highest BCUT2D eigenvalue weighted by molar-refractivity contribution is 5.88. The number of carbonyl (C=O) groups excluding carboxylic acids is 2. The SMILES string of the molecule is CCCNC(=O)[C@H](Cc1ccccc1)N(Cc1cccc(C)c1)C(=O)COc1ccc(C(C)C)cc1. The molecule has 36 heavy (non-hydrogen) atoms. The van der Waals surface area contributed by atoms with Gasteiger partial charge in [-0.3, -0.25) is 9.59 Å². The first-order valence-electron chi connectivity index (χ1n) is 12.8. The van der Waals surface area contributed by atoms with Crippen molar-refractivity contribution in [2.24, 2.45) is 0 Å². The summed E-state index contributed by atoms with van der Waals surface area (Å²) in [7, 11) is 0. The third-order valence-electron chi connectivity index (χ3n) is 6.16. The fourth-order valence-corrected chi connectivity index (χ4v) is 4.10. The Morgan fingerprint density at radius 3 is 2.25 bits per heavy atom. The van der Waals surface area contributed by atoms with E-state index in [9.17, 15) is 9.59 Å². The average Bonchev–Trinajstić information content (AvgIpc) is 2.88. The van der Waals surface area contributed by atoms with E-state index in [2.05, 4.69) is 25.2 Å². The van der Waals surface area contributed by atoms with Gasteiger partial charge in [0, 0.05) is 19.5 Å². The molecule has 1 N–H and O–H groups in total. The highest BCUT2D eigenvalue weighted by Crippen LogP contribution is 2.20. The lowest BCUT2D eigenvalue weighted by Gasteiger charge is -2.31. The minimum absolute atomic E-state index is 0.140. The van der Waals surface area contributed by atoms with Crippen LogP contribution in [-0.4, -0.2) is 35.9 Å². The van der Waals surface area contributed by atoms with Crippen LogP contribution in [0.3, 0.4) is 0 Å². The van der Waals surface area contributed by atoms with Crippen molar-refractivity contribution in [1.82, 2.24) is 10.2 Å². The van der Waals surface area contributed by atoms with Gasteiger partial charge in [-0.05, 0) is 48.1 Å². The Morgan fingerprint density at radius 1 is 0.917 bits per heavy atom. The van der Waals surface area contributed by atoms with Gasteiger partial charge in [0.05, 0.1) is 0 Å². The van der Waals surface area contributed by atoms with Crippen LogP contribution in [0.5, 0.6) is 5.75 Å². The summed E-state index contributed by atoms with van der Waals surface area (Å²) in [6, 6.07) is 25.0. The first-order chi connectivity index (χ1) is 17.4. The number of aryl methyl sites for hydroxylation is 1. The molecule has 0 aromatic heterocycles. The van der Waals surface area contributed by atoms with Crippen molar-refractivity contribution < 1.29 is 14.3 Å². The summed E-state index contributed by atoms with van der Waals surface area (Å²) in [5.74, 6) is 0.684. The van der Waals surface area contributed by atoms with E-state index in [0.29, 0.717) is 31.2 Å². The zero-order chi connectivity index (χ0) is 25.9. The van der Waals surface area contributed by atoms with Crippen LogP contribution >= 0.6 is 0 Å². The van der Waals surface area contributed by atoms with Gasteiger partial charge in [-0.15, -0.1) is 0 Å². The lowest BCUT2D eigenvalue weighted by molar-refractivity contribution is -0.142. The number of benzene rings is 3. The van der Waals surface area contributed by atoms with Crippen LogP contribution in [0.1, 0.15) is 55.4 Å². The Balaban J connectivity index is 1.86. The molecule has 0 aliphatic rings. The maximum atomic E-state index is 13.6. The van der Waals surface area contributed by atoms with Crippen LogP contribution in [0, 0.1) is 6.92 Å². The summed E-state index contributed by atoms with van der Waals surface area (Å²) in [6.07, 6.45) is 1.25. The molecule has 5 nitrogen and oxygen atoms in total. The van der Waals surface area contributed by atoms with Crippen LogP contribution in [-0.2, 0) is 22.6 Å². The maximum Gasteiger partial charge on any atom is 0.261 e. The van der Waals surface area contributed by atoms with Crippen LogP contribution in [0.4, 0.5) is 0 Å². The minimum Gasteiger partial charge on any atom is -0.484 e. The molecule has 190 valence electrons. The van der Waals surface area contributed by atoms with E-state index in [-0.39, 0.29) is 18.4 Å². The van der Waals surface area contributed by atoms with E-state index in [4.69, 9.17) is 4.74 Å². The predicted octanol–water partition coefficient (Wildman–Crippen LogP) is 5.66. The molecule has 0 saturated heterocycles. The first-order valence-corrected chi connectivity index (χ1v) is 12.8. The number of hydrogen-bond donors (Lipinski definition) is 1. The average molecular weight is 487 g/mol. The summed E-state index contributed by atoms with van der Waals surface area (Å²) in [6.45, 7) is 9.06. The Labute approximate surface area is 215 Å². The molecule has 1 atom stereocenters. The fourth-order valence-electron chi connectivity index (χ4n) is 4.10. The Hall–Kier alpha value is -3.60. The maximum absolute atomic E-state index is 13.6. The first kappa shape index (κ1) is 27.0. The third kappa shape index (κ3) is 7.98. The Bertz CT molecular complexity index is 1110. The van der Waals surface area contributed by atoms with Crippen molar-refractivity contribution in [3.8, 4) is 5.75 Å². The summed E-state index contributed by atoms with van der Waals surface area (Å²) in [5.41, 5.74) is 4.30. The number of amides is 2. The number of carbonyl (C=O) groups is 2. The van der Waals surface area contributed by atoms with Gasteiger partial charge in [-0.25, -0.2) is 0 Å². The lowest BCUT2D eigenvalue weighted by atomic mass is 10.0. The van der Waals surface area contributed by atoms with E-state index in [1.54, 1.807) is 4.90 Å². The largest absolute Gasteiger partial charge is 0.484 e. The van der Waals surface area contributed by atoms with Crippen molar-refractivity contribution in [2.75, 3.05) is 13.2 Å². The molecule has 0 aliphatic carbocycles. The second kappa shape index (κ2) is 13.5. The van der Waals surface area contributed by atoms with Gasteiger partial charge in [0.15, 0.2) is 6.61 Å². The molecule has 0 saturated carbocycles. The third-order valence-corrected chi connectivity index (χ3v) is 6.16. The second-order valence-electron chi connectivity index (χ2n) is 9.52. The number of hydrogen-bond acceptors (Lipinski definition) is 3. The standard InChI is InChI=1S/C31H38N2O3/c1-5-18-32-31(35)29(20-25-11-7-6-8-12-25)33(21-26-13-9-10-24(4)19-26)30(34)22-36-28-16-14-27(15-17-28)23(2)3/h6-17,19,23,29H,5,18,20-22H2,1-4H3,(H,32,35)/t29-/m0/s1. The number of nitrogens with zero attached hydrogens (tertiary/aromatic N) is 1. The zero-order valence-corrected chi connectivity index (χ0v) is 21.9. The molecule has 0 unspecified atom stereocenters. The smallest absolute Gasteiger partial charge is 0.261 e. The molecule has 0 radical (unpaired) electrons. The predicted molar refractivity (Wildman–Crippen MR) is 145 cm³/mol.